The number of hydrogen-bond acceptors (Lipinski definition) is 4. The fourth-order valence-electron chi connectivity index (χ4n) is 2.87. The number of ether oxygens (including phenoxy) is 2. The summed E-state index contributed by atoms with van der Waals surface area (Å²) in [5.41, 5.74) is 2.69. The molecule has 0 saturated heterocycles. The van der Waals surface area contributed by atoms with E-state index in [1.807, 2.05) is 56.3 Å². The van der Waals surface area contributed by atoms with E-state index < -0.39 is 0 Å². The van der Waals surface area contributed by atoms with Gasteiger partial charge in [-0.25, -0.2) is 0 Å². The molecule has 1 amide bonds. The first-order chi connectivity index (χ1) is 13.0. The van der Waals surface area contributed by atoms with Gasteiger partial charge in [0.1, 0.15) is 18.1 Å². The Bertz CT molecular complexity index is 722. The largest absolute Gasteiger partial charge is 0.490 e. The normalized spacial score (nSPS) is 10.7. The Hall–Kier alpha value is -2.53. The molecule has 0 saturated carbocycles. The summed E-state index contributed by atoms with van der Waals surface area (Å²) in [5.74, 6) is 1.22. The van der Waals surface area contributed by atoms with Crippen molar-refractivity contribution in [2.24, 2.45) is 0 Å². The van der Waals surface area contributed by atoms with Crippen LogP contribution in [0.15, 0.2) is 42.5 Å². The number of likely N-dealkylation sites (N-methyl/N-ethyl adjacent to an activating group) is 1. The van der Waals surface area contributed by atoms with Gasteiger partial charge in [-0.15, -0.1) is 0 Å². The molecule has 1 N–H and O–H groups in total. The van der Waals surface area contributed by atoms with Gasteiger partial charge in [-0.1, -0.05) is 44.2 Å². The molecule has 0 fully saturated rings. The van der Waals surface area contributed by atoms with Crippen LogP contribution in [0.5, 0.6) is 11.5 Å². The maximum absolute atomic E-state index is 12.3. The van der Waals surface area contributed by atoms with E-state index in [0.717, 1.165) is 36.5 Å². The summed E-state index contributed by atoms with van der Waals surface area (Å²) in [6.07, 6.45) is 0. The minimum absolute atomic E-state index is 0.0422. The Morgan fingerprint density at radius 3 is 2.30 bits per heavy atom. The predicted molar refractivity (Wildman–Crippen MR) is 110 cm³/mol. The fraction of sp³-hybridized carbons (Fsp3) is 0.409. The van der Waals surface area contributed by atoms with Crippen LogP contribution in [0.2, 0.25) is 0 Å². The molecule has 0 aliphatic heterocycles. The maximum atomic E-state index is 12.3. The molecule has 2 rings (SSSR count). The number of rotatable bonds is 10. The second-order valence-corrected chi connectivity index (χ2v) is 6.43. The number of benzene rings is 2. The molecule has 0 aliphatic rings. The number of anilines is 1. The quantitative estimate of drug-likeness (QED) is 0.686. The van der Waals surface area contributed by atoms with Gasteiger partial charge >= 0.3 is 0 Å². The van der Waals surface area contributed by atoms with Crippen LogP contribution in [0.4, 0.5) is 5.69 Å². The number of hydrogen-bond donors (Lipinski definition) is 1. The van der Waals surface area contributed by atoms with Crippen LogP contribution in [0.3, 0.4) is 0 Å². The van der Waals surface area contributed by atoms with Crippen LogP contribution in [0.1, 0.15) is 25.0 Å². The van der Waals surface area contributed by atoms with Crippen LogP contribution >= 0.6 is 0 Å². The second kappa shape index (κ2) is 10.6. The molecule has 5 nitrogen and oxygen atoms in total. The summed E-state index contributed by atoms with van der Waals surface area (Å²) in [7, 11) is 0. The molecule has 0 bridgehead atoms. The number of nitrogens with one attached hydrogen (secondary N) is 1. The Labute approximate surface area is 162 Å². The summed E-state index contributed by atoms with van der Waals surface area (Å²) >= 11 is 0. The van der Waals surface area contributed by atoms with E-state index in [2.05, 4.69) is 24.1 Å². The van der Waals surface area contributed by atoms with Crippen molar-refractivity contribution in [3.8, 4) is 11.5 Å². The summed E-state index contributed by atoms with van der Waals surface area (Å²) in [5, 5.41) is 2.88. The fourth-order valence-corrected chi connectivity index (χ4v) is 2.87. The molecule has 2 aromatic rings. The highest BCUT2D eigenvalue weighted by Gasteiger charge is 2.11. The van der Waals surface area contributed by atoms with Crippen molar-refractivity contribution in [3.63, 3.8) is 0 Å². The standard InChI is InChI=1S/C22H30N2O3/c1-5-24(6-2)14-15-26-20-13-8-7-12-19(20)23-21(25)16-27-22-17(3)10-9-11-18(22)4/h7-13H,5-6,14-16H2,1-4H3,(H,23,25). The van der Waals surface area contributed by atoms with E-state index in [1.165, 1.54) is 0 Å². The molecular formula is C22H30N2O3. The Morgan fingerprint density at radius 2 is 1.63 bits per heavy atom. The molecule has 2 aromatic carbocycles. The van der Waals surface area contributed by atoms with Crippen molar-refractivity contribution in [1.82, 2.24) is 4.90 Å². The topological polar surface area (TPSA) is 50.8 Å². The molecule has 0 heterocycles. The predicted octanol–water partition coefficient (Wildman–Crippen LogP) is 4.04. The number of para-hydroxylation sites is 3. The lowest BCUT2D eigenvalue weighted by Crippen LogP contribution is -2.28. The van der Waals surface area contributed by atoms with Crippen molar-refractivity contribution in [3.05, 3.63) is 53.6 Å². The molecule has 0 atom stereocenters. The number of amides is 1. The zero-order valence-corrected chi connectivity index (χ0v) is 16.7. The highest BCUT2D eigenvalue weighted by Crippen LogP contribution is 2.25. The molecule has 0 aromatic heterocycles. The van der Waals surface area contributed by atoms with Crippen LogP contribution in [0.25, 0.3) is 0 Å². The van der Waals surface area contributed by atoms with Crippen LogP contribution < -0.4 is 14.8 Å². The third-order valence-electron chi connectivity index (χ3n) is 4.48. The van der Waals surface area contributed by atoms with Crippen molar-refractivity contribution < 1.29 is 14.3 Å². The van der Waals surface area contributed by atoms with Gasteiger partial charge in [-0.3, -0.25) is 4.79 Å². The SMILES string of the molecule is CCN(CC)CCOc1ccccc1NC(=O)COc1c(C)cccc1C. The monoisotopic (exact) mass is 370 g/mol. The van der Waals surface area contributed by atoms with Gasteiger partial charge in [-0.05, 0) is 50.2 Å². The van der Waals surface area contributed by atoms with Crippen molar-refractivity contribution in [2.75, 3.05) is 38.2 Å². The average Bonchev–Trinajstić information content (AvgIpc) is 2.66. The van der Waals surface area contributed by atoms with Gasteiger partial charge < -0.3 is 19.7 Å². The van der Waals surface area contributed by atoms with Gasteiger partial charge in [0.05, 0.1) is 5.69 Å². The summed E-state index contributed by atoms with van der Waals surface area (Å²) in [4.78, 5) is 14.6. The number of nitrogens with zero attached hydrogens (tertiary/aromatic N) is 1. The van der Waals surface area contributed by atoms with E-state index in [4.69, 9.17) is 9.47 Å². The van der Waals surface area contributed by atoms with E-state index >= 15 is 0 Å². The minimum Gasteiger partial charge on any atom is -0.490 e. The third-order valence-corrected chi connectivity index (χ3v) is 4.48. The Kier molecular flexibility index (Phi) is 8.14. The number of carbonyl (C=O) groups excluding carboxylic acids is 1. The van der Waals surface area contributed by atoms with Gasteiger partial charge in [-0.2, -0.15) is 0 Å². The zero-order valence-electron chi connectivity index (χ0n) is 16.7. The average molecular weight is 370 g/mol. The van der Waals surface area contributed by atoms with Crippen LogP contribution in [-0.4, -0.2) is 43.7 Å². The lowest BCUT2D eigenvalue weighted by Gasteiger charge is -2.19. The molecule has 0 aliphatic carbocycles. The number of aryl methyl sites for hydroxylation is 2. The molecule has 146 valence electrons. The van der Waals surface area contributed by atoms with E-state index in [-0.39, 0.29) is 12.5 Å². The van der Waals surface area contributed by atoms with E-state index in [1.54, 1.807) is 0 Å². The van der Waals surface area contributed by atoms with Crippen LogP contribution in [-0.2, 0) is 4.79 Å². The van der Waals surface area contributed by atoms with Gasteiger partial charge in [0, 0.05) is 6.54 Å². The summed E-state index contributed by atoms with van der Waals surface area (Å²) in [6.45, 7) is 11.6. The third kappa shape index (κ3) is 6.29. The molecule has 5 heteroatoms. The molecule has 0 unspecified atom stereocenters. The first kappa shape index (κ1) is 20.8. The maximum Gasteiger partial charge on any atom is 0.262 e. The van der Waals surface area contributed by atoms with Gasteiger partial charge in [0.15, 0.2) is 6.61 Å². The summed E-state index contributed by atoms with van der Waals surface area (Å²) < 4.78 is 11.6. The highest BCUT2D eigenvalue weighted by molar-refractivity contribution is 5.93. The first-order valence-electron chi connectivity index (χ1n) is 9.48. The van der Waals surface area contributed by atoms with Crippen molar-refractivity contribution in [1.29, 1.82) is 0 Å². The molecular weight excluding hydrogens is 340 g/mol. The second-order valence-electron chi connectivity index (χ2n) is 6.43. The molecule has 27 heavy (non-hydrogen) atoms. The number of carbonyl (C=O) groups is 1. The van der Waals surface area contributed by atoms with Gasteiger partial charge in [0.25, 0.3) is 5.91 Å². The van der Waals surface area contributed by atoms with Crippen LogP contribution in [0, 0.1) is 13.8 Å². The van der Waals surface area contributed by atoms with E-state index in [9.17, 15) is 4.79 Å². The molecule has 0 radical (unpaired) electrons. The van der Waals surface area contributed by atoms with E-state index in [0.29, 0.717) is 18.0 Å². The lowest BCUT2D eigenvalue weighted by atomic mass is 10.1. The smallest absolute Gasteiger partial charge is 0.262 e. The summed E-state index contributed by atoms with van der Waals surface area (Å²) in [6, 6.07) is 13.4. The zero-order chi connectivity index (χ0) is 19.6. The van der Waals surface area contributed by atoms with Crippen molar-refractivity contribution >= 4 is 11.6 Å². The lowest BCUT2D eigenvalue weighted by molar-refractivity contribution is -0.118. The molecule has 0 spiro atoms. The van der Waals surface area contributed by atoms with Crippen molar-refractivity contribution in [2.45, 2.75) is 27.7 Å². The Morgan fingerprint density at radius 1 is 0.963 bits per heavy atom. The van der Waals surface area contributed by atoms with Gasteiger partial charge in [0.2, 0.25) is 0 Å². The highest BCUT2D eigenvalue weighted by atomic mass is 16.5. The minimum atomic E-state index is -0.211. The first-order valence-corrected chi connectivity index (χ1v) is 9.48. The Balaban J connectivity index is 1.92.